The van der Waals surface area contributed by atoms with Gasteiger partial charge in [0.05, 0.1) is 11.7 Å². The van der Waals surface area contributed by atoms with Gasteiger partial charge in [-0.1, -0.05) is 18.2 Å². The predicted octanol–water partition coefficient (Wildman–Crippen LogP) is -0.232. The summed E-state index contributed by atoms with van der Waals surface area (Å²) in [6.45, 7) is 3.65. The molecule has 0 saturated carbocycles. The first-order valence-electron chi connectivity index (χ1n) is 5.34. The summed E-state index contributed by atoms with van der Waals surface area (Å²) >= 11 is 0. The van der Waals surface area contributed by atoms with E-state index in [1.807, 2.05) is 0 Å². The number of para-hydroxylation sites is 1. The second-order valence-electron chi connectivity index (χ2n) is 3.87. The van der Waals surface area contributed by atoms with E-state index in [4.69, 9.17) is 0 Å². The Hall–Kier alpha value is -2.43. The minimum atomic E-state index is -1.76. The van der Waals surface area contributed by atoms with Crippen LogP contribution in [-0.4, -0.2) is 24.2 Å². The summed E-state index contributed by atoms with van der Waals surface area (Å²) in [5.74, 6) is -4.94. The molecule has 1 aromatic rings. The molecule has 0 aromatic heterocycles. The summed E-state index contributed by atoms with van der Waals surface area (Å²) in [4.78, 5) is 36.0. The number of Topliss-reactive ketones (excluding diaryl/α,β-unsaturated/α-hetero) is 1. The minimum absolute atomic E-state index is 0.146. The summed E-state index contributed by atoms with van der Waals surface area (Å²) in [5.41, 5.74) is 0.623. The number of carboxylic acids is 1. The second kappa shape index (κ2) is 4.44. The van der Waals surface area contributed by atoms with Gasteiger partial charge < -0.3 is 14.8 Å². The molecule has 1 heterocycles. The number of rotatable bonds is 3. The fraction of sp³-hybridized carbons (Fsp3) is 0.154. The zero-order valence-corrected chi connectivity index (χ0v) is 9.46. The molecule has 0 aliphatic carbocycles. The van der Waals surface area contributed by atoms with Crippen LogP contribution in [0.15, 0.2) is 36.9 Å². The molecular weight excluding hydrogens is 234 g/mol. The van der Waals surface area contributed by atoms with E-state index in [1.54, 1.807) is 18.2 Å². The van der Waals surface area contributed by atoms with Crippen LogP contribution >= 0.6 is 0 Å². The van der Waals surface area contributed by atoms with Gasteiger partial charge in [-0.05, 0) is 12.1 Å². The van der Waals surface area contributed by atoms with Crippen LogP contribution in [0.25, 0.3) is 0 Å². The molecule has 18 heavy (non-hydrogen) atoms. The van der Waals surface area contributed by atoms with E-state index in [0.717, 1.165) is 0 Å². The summed E-state index contributed by atoms with van der Waals surface area (Å²) in [6, 6.07) is 6.38. The maximum absolute atomic E-state index is 12.0. The Morgan fingerprint density at radius 3 is 2.67 bits per heavy atom. The maximum Gasteiger partial charge on any atom is 0.244 e. The molecule has 1 aliphatic heterocycles. The van der Waals surface area contributed by atoms with Gasteiger partial charge in [0.25, 0.3) is 0 Å². The Morgan fingerprint density at radius 1 is 1.39 bits per heavy atom. The number of carbonyl (C=O) groups is 3. The Bertz CT molecular complexity index is 550. The lowest BCUT2D eigenvalue weighted by atomic mass is 9.90. The highest BCUT2D eigenvalue weighted by Gasteiger charge is 2.39. The van der Waals surface area contributed by atoms with Crippen LogP contribution in [0.1, 0.15) is 10.4 Å². The highest BCUT2D eigenvalue weighted by Crippen LogP contribution is 2.30. The lowest BCUT2D eigenvalue weighted by Gasteiger charge is -2.32. The van der Waals surface area contributed by atoms with Crippen molar-refractivity contribution in [2.24, 2.45) is 5.92 Å². The first-order valence-corrected chi connectivity index (χ1v) is 5.34. The molecular formula is C13H10NO4-. The molecule has 5 heteroatoms. The largest absolute Gasteiger partial charge is 0.549 e. The maximum atomic E-state index is 12.0. The quantitative estimate of drug-likeness (QED) is 0.543. The predicted molar refractivity (Wildman–Crippen MR) is 61.8 cm³/mol. The molecule has 1 atom stereocenters. The normalized spacial score (nSPS) is 18.4. The van der Waals surface area contributed by atoms with Gasteiger partial charge in [0.15, 0.2) is 5.78 Å². The number of amides is 1. The number of nitrogens with zero attached hydrogens (tertiary/aromatic N) is 1. The molecule has 0 unspecified atom stereocenters. The Labute approximate surface area is 103 Å². The second-order valence-corrected chi connectivity index (χ2v) is 3.87. The molecule has 0 bridgehead atoms. The molecule has 0 saturated heterocycles. The number of hydrogen-bond acceptors (Lipinski definition) is 4. The first-order chi connectivity index (χ1) is 8.57. The third-order valence-electron chi connectivity index (χ3n) is 2.78. The molecule has 5 nitrogen and oxygen atoms in total. The van der Waals surface area contributed by atoms with Gasteiger partial charge in [0.2, 0.25) is 5.91 Å². The van der Waals surface area contributed by atoms with Crippen molar-refractivity contribution in [2.45, 2.75) is 0 Å². The number of aliphatic carboxylic acids is 1. The Kier molecular flexibility index (Phi) is 2.97. The van der Waals surface area contributed by atoms with Crippen molar-refractivity contribution in [3.8, 4) is 0 Å². The summed E-state index contributed by atoms with van der Waals surface area (Å²) in [5, 5.41) is 10.9. The smallest absolute Gasteiger partial charge is 0.244 e. The number of carbonyl (C=O) groups excluding carboxylic acids is 3. The standard InChI is InChI=1S/C13H11NO4/c1-2-7-14-9-6-4-3-5-8(9)11(15)10(12(14)16)13(17)18/h2-6,10H,1,7H2,(H,17,18)/p-1/t10-/m0/s1. The van der Waals surface area contributed by atoms with Gasteiger partial charge in [-0.2, -0.15) is 0 Å². The van der Waals surface area contributed by atoms with E-state index in [0.29, 0.717) is 5.69 Å². The third kappa shape index (κ3) is 1.69. The lowest BCUT2D eigenvalue weighted by Crippen LogP contribution is -2.52. The van der Waals surface area contributed by atoms with Crippen molar-refractivity contribution in [3.63, 3.8) is 0 Å². The molecule has 1 aromatic carbocycles. The van der Waals surface area contributed by atoms with Crippen molar-refractivity contribution in [3.05, 3.63) is 42.5 Å². The number of hydrogen-bond donors (Lipinski definition) is 0. The van der Waals surface area contributed by atoms with Crippen molar-refractivity contribution in [1.82, 2.24) is 0 Å². The van der Waals surface area contributed by atoms with Gasteiger partial charge in [-0.3, -0.25) is 9.59 Å². The van der Waals surface area contributed by atoms with Gasteiger partial charge in [0, 0.05) is 12.1 Å². The number of benzene rings is 1. The van der Waals surface area contributed by atoms with Crippen molar-refractivity contribution < 1.29 is 19.5 Å². The van der Waals surface area contributed by atoms with Crippen LogP contribution in [0.2, 0.25) is 0 Å². The van der Waals surface area contributed by atoms with Gasteiger partial charge in [-0.15, -0.1) is 6.58 Å². The minimum Gasteiger partial charge on any atom is -0.549 e. The van der Waals surface area contributed by atoms with Crippen LogP contribution in [-0.2, 0) is 9.59 Å². The zero-order chi connectivity index (χ0) is 13.3. The van der Waals surface area contributed by atoms with E-state index in [9.17, 15) is 19.5 Å². The average molecular weight is 244 g/mol. The Morgan fingerprint density at radius 2 is 2.06 bits per heavy atom. The first kappa shape index (κ1) is 12.0. The fourth-order valence-corrected chi connectivity index (χ4v) is 1.98. The van der Waals surface area contributed by atoms with E-state index < -0.39 is 23.6 Å². The van der Waals surface area contributed by atoms with Crippen LogP contribution in [0.5, 0.6) is 0 Å². The SMILES string of the molecule is C=CCN1C(=O)[C@@H](C(=O)[O-])C(=O)c2ccccc21. The van der Waals surface area contributed by atoms with Crippen molar-refractivity contribution in [2.75, 3.05) is 11.4 Å². The van der Waals surface area contributed by atoms with E-state index in [-0.39, 0.29) is 12.1 Å². The summed E-state index contributed by atoms with van der Waals surface area (Å²) in [7, 11) is 0. The monoisotopic (exact) mass is 244 g/mol. The molecule has 1 aliphatic rings. The summed E-state index contributed by atoms with van der Waals surface area (Å²) < 4.78 is 0. The lowest BCUT2D eigenvalue weighted by molar-refractivity contribution is -0.307. The van der Waals surface area contributed by atoms with E-state index >= 15 is 0 Å². The average Bonchev–Trinajstić information content (AvgIpc) is 2.34. The molecule has 1 amide bonds. The molecule has 0 radical (unpaired) electrons. The zero-order valence-electron chi connectivity index (χ0n) is 9.46. The van der Waals surface area contributed by atoms with Crippen molar-refractivity contribution in [1.29, 1.82) is 0 Å². The number of anilines is 1. The van der Waals surface area contributed by atoms with E-state index in [2.05, 4.69) is 6.58 Å². The fourth-order valence-electron chi connectivity index (χ4n) is 1.98. The molecule has 0 N–H and O–H groups in total. The highest BCUT2D eigenvalue weighted by atomic mass is 16.4. The van der Waals surface area contributed by atoms with E-state index in [1.165, 1.54) is 17.0 Å². The molecule has 92 valence electrons. The van der Waals surface area contributed by atoms with Gasteiger partial charge in [0.1, 0.15) is 5.92 Å². The molecule has 0 spiro atoms. The number of carboxylic acid groups (broad SMARTS) is 1. The highest BCUT2D eigenvalue weighted by molar-refractivity contribution is 6.29. The number of ketones is 1. The topological polar surface area (TPSA) is 77.5 Å². The number of fused-ring (bicyclic) bond motifs is 1. The van der Waals surface area contributed by atoms with Crippen LogP contribution in [0.4, 0.5) is 5.69 Å². The van der Waals surface area contributed by atoms with Crippen LogP contribution in [0, 0.1) is 5.92 Å². The molecule has 2 rings (SSSR count). The molecule has 0 fully saturated rings. The van der Waals surface area contributed by atoms with Gasteiger partial charge in [-0.25, -0.2) is 0 Å². The van der Waals surface area contributed by atoms with Gasteiger partial charge >= 0.3 is 0 Å². The van der Waals surface area contributed by atoms with Crippen molar-refractivity contribution >= 4 is 23.3 Å². The Balaban J connectivity index is 2.59. The van der Waals surface area contributed by atoms with Crippen LogP contribution in [0.3, 0.4) is 0 Å². The van der Waals surface area contributed by atoms with Crippen LogP contribution < -0.4 is 10.0 Å². The summed E-state index contributed by atoms with van der Waals surface area (Å²) in [6.07, 6.45) is 1.47. The third-order valence-corrected chi connectivity index (χ3v) is 2.78.